The van der Waals surface area contributed by atoms with Gasteiger partial charge in [-0.1, -0.05) is 30.3 Å². The molecule has 0 unspecified atom stereocenters. The van der Waals surface area contributed by atoms with E-state index in [1.54, 1.807) is 0 Å². The van der Waals surface area contributed by atoms with Crippen molar-refractivity contribution in [2.75, 3.05) is 6.61 Å². The molecule has 1 aromatic rings. The van der Waals surface area contributed by atoms with Gasteiger partial charge in [0.05, 0.1) is 6.61 Å². The SMILES string of the molecule is F[B-](F)(F)C#CCOCc1ccccc1.[K+]. The molecule has 0 atom stereocenters. The van der Waals surface area contributed by atoms with Gasteiger partial charge in [0.2, 0.25) is 0 Å². The van der Waals surface area contributed by atoms with Crippen LogP contribution in [-0.2, 0) is 11.3 Å². The van der Waals surface area contributed by atoms with E-state index in [4.69, 9.17) is 4.74 Å². The van der Waals surface area contributed by atoms with E-state index in [-0.39, 0.29) is 64.6 Å². The predicted octanol–water partition coefficient (Wildman–Crippen LogP) is -0.403. The van der Waals surface area contributed by atoms with Crippen LogP contribution in [0.5, 0.6) is 0 Å². The Bertz CT molecular complexity index is 356. The third-order valence-electron chi connectivity index (χ3n) is 1.55. The normalized spacial score (nSPS) is 9.94. The molecule has 0 radical (unpaired) electrons. The van der Waals surface area contributed by atoms with Crippen molar-refractivity contribution in [2.45, 2.75) is 6.61 Å². The maximum absolute atomic E-state index is 11.6. The average Bonchev–Trinajstić information content (AvgIpc) is 2.17. The molecule has 6 heteroatoms. The first-order chi connectivity index (χ1) is 7.08. The van der Waals surface area contributed by atoms with Crippen LogP contribution < -0.4 is 51.4 Å². The largest absolute Gasteiger partial charge is 1.00 e. The van der Waals surface area contributed by atoms with E-state index in [0.29, 0.717) is 0 Å². The molecular weight excluding hydrogens is 243 g/mol. The van der Waals surface area contributed by atoms with Crippen LogP contribution in [0.25, 0.3) is 0 Å². The van der Waals surface area contributed by atoms with Crippen molar-refractivity contribution in [3.63, 3.8) is 0 Å². The fourth-order valence-corrected chi connectivity index (χ4v) is 0.952. The molecule has 0 N–H and O–H groups in total. The van der Waals surface area contributed by atoms with E-state index in [0.717, 1.165) is 5.56 Å². The summed E-state index contributed by atoms with van der Waals surface area (Å²) in [5.74, 6) is 3.12. The number of ether oxygens (including phenoxy) is 1. The minimum Gasteiger partial charge on any atom is -0.438 e. The smallest absolute Gasteiger partial charge is 0.438 e. The number of benzene rings is 1. The second kappa shape index (κ2) is 8.34. The van der Waals surface area contributed by atoms with E-state index in [1.807, 2.05) is 36.3 Å². The monoisotopic (exact) mass is 252 g/mol. The molecule has 0 aromatic heterocycles. The first-order valence-electron chi connectivity index (χ1n) is 4.39. The summed E-state index contributed by atoms with van der Waals surface area (Å²) in [6, 6.07) is 9.20. The molecule has 0 fully saturated rings. The fourth-order valence-electron chi connectivity index (χ4n) is 0.952. The summed E-state index contributed by atoms with van der Waals surface area (Å²) in [5.41, 5.74) is 0.914. The quantitative estimate of drug-likeness (QED) is 0.404. The Morgan fingerprint density at radius 3 is 2.31 bits per heavy atom. The van der Waals surface area contributed by atoms with Crippen LogP contribution in [0.3, 0.4) is 0 Å². The number of rotatable bonds is 3. The minimum absolute atomic E-state index is 0. The van der Waals surface area contributed by atoms with Crippen molar-refractivity contribution in [1.82, 2.24) is 0 Å². The third-order valence-corrected chi connectivity index (χ3v) is 1.55. The topological polar surface area (TPSA) is 9.23 Å². The zero-order valence-corrected chi connectivity index (χ0v) is 12.0. The molecule has 0 spiro atoms. The average molecular weight is 252 g/mol. The van der Waals surface area contributed by atoms with E-state index < -0.39 is 6.98 Å². The van der Waals surface area contributed by atoms with Gasteiger partial charge in [-0.2, -0.15) is 0 Å². The molecule has 1 nitrogen and oxygen atoms in total. The summed E-state index contributed by atoms with van der Waals surface area (Å²) in [5, 5.41) is 0. The first-order valence-corrected chi connectivity index (χ1v) is 4.39. The Hall–Kier alpha value is 0.231. The summed E-state index contributed by atoms with van der Waals surface area (Å²) < 4.78 is 39.9. The van der Waals surface area contributed by atoms with Crippen molar-refractivity contribution in [3.05, 3.63) is 35.9 Å². The van der Waals surface area contributed by atoms with E-state index in [1.165, 1.54) is 5.82 Å². The zero-order chi connectivity index (χ0) is 11.1. The van der Waals surface area contributed by atoms with Gasteiger partial charge in [-0.3, -0.25) is 0 Å². The van der Waals surface area contributed by atoms with Crippen molar-refractivity contribution >= 4 is 6.98 Å². The number of halogens is 3. The number of hydrogen-bond donors (Lipinski definition) is 0. The van der Waals surface area contributed by atoms with Crippen LogP contribution in [0.15, 0.2) is 30.3 Å². The molecule has 0 bridgehead atoms. The molecular formula is C10H9BF3KO. The van der Waals surface area contributed by atoms with E-state index in [9.17, 15) is 12.9 Å². The van der Waals surface area contributed by atoms with Gasteiger partial charge < -0.3 is 17.7 Å². The van der Waals surface area contributed by atoms with E-state index in [2.05, 4.69) is 0 Å². The fraction of sp³-hybridized carbons (Fsp3) is 0.200. The molecule has 0 saturated carbocycles. The van der Waals surface area contributed by atoms with Crippen molar-refractivity contribution < 1.29 is 69.1 Å². The van der Waals surface area contributed by atoms with Crippen LogP contribution in [0, 0.1) is 11.7 Å². The van der Waals surface area contributed by atoms with Gasteiger partial charge in [-0.15, -0.1) is 5.92 Å². The van der Waals surface area contributed by atoms with Gasteiger partial charge in [0.15, 0.2) is 0 Å². The maximum atomic E-state index is 11.6. The molecule has 0 aliphatic heterocycles. The van der Waals surface area contributed by atoms with Crippen molar-refractivity contribution in [1.29, 1.82) is 0 Å². The van der Waals surface area contributed by atoms with Crippen LogP contribution in [0.4, 0.5) is 12.9 Å². The van der Waals surface area contributed by atoms with Crippen molar-refractivity contribution in [2.24, 2.45) is 0 Å². The van der Waals surface area contributed by atoms with Gasteiger partial charge in [0.25, 0.3) is 0 Å². The second-order valence-electron chi connectivity index (χ2n) is 2.87. The zero-order valence-electron chi connectivity index (χ0n) is 8.92. The molecule has 80 valence electrons. The summed E-state index contributed by atoms with van der Waals surface area (Å²) in [4.78, 5) is 0. The van der Waals surface area contributed by atoms with Gasteiger partial charge in [-0.25, -0.2) is 5.82 Å². The molecule has 1 aromatic carbocycles. The minimum atomic E-state index is -5.02. The number of hydrogen-bond acceptors (Lipinski definition) is 1. The second-order valence-corrected chi connectivity index (χ2v) is 2.87. The van der Waals surface area contributed by atoms with Crippen molar-refractivity contribution in [3.8, 4) is 11.7 Å². The van der Waals surface area contributed by atoms with Crippen LogP contribution in [-0.4, -0.2) is 13.6 Å². The summed E-state index contributed by atoms with van der Waals surface area (Å²) in [7, 11) is 0. The van der Waals surface area contributed by atoms with Crippen LogP contribution in [0.2, 0.25) is 0 Å². The Balaban J connectivity index is 0.00000225. The van der Waals surface area contributed by atoms with Gasteiger partial charge >= 0.3 is 58.4 Å². The van der Waals surface area contributed by atoms with Gasteiger partial charge in [-0.05, 0) is 5.56 Å². The van der Waals surface area contributed by atoms with Crippen LogP contribution in [0.1, 0.15) is 5.56 Å². The molecule has 1 rings (SSSR count). The molecule has 16 heavy (non-hydrogen) atoms. The molecule has 0 heterocycles. The molecule has 0 saturated heterocycles. The predicted molar refractivity (Wildman–Crippen MR) is 53.0 cm³/mol. The third kappa shape index (κ3) is 8.39. The summed E-state index contributed by atoms with van der Waals surface area (Å²) in [6.45, 7) is -4.94. The van der Waals surface area contributed by atoms with Gasteiger partial charge in [0, 0.05) is 0 Å². The Kier molecular flexibility index (Phi) is 8.46. The Labute approximate surface area is 135 Å². The summed E-state index contributed by atoms with van der Waals surface area (Å²) in [6.07, 6.45) is 0. The summed E-state index contributed by atoms with van der Waals surface area (Å²) >= 11 is 0. The Morgan fingerprint density at radius 1 is 1.12 bits per heavy atom. The molecule has 0 aliphatic carbocycles. The first kappa shape index (κ1) is 16.2. The Morgan fingerprint density at radius 2 is 1.75 bits per heavy atom. The van der Waals surface area contributed by atoms with E-state index >= 15 is 0 Å². The van der Waals surface area contributed by atoms with Gasteiger partial charge in [0.1, 0.15) is 6.61 Å². The maximum Gasteiger partial charge on any atom is 1.00 e. The molecule has 0 aliphatic rings. The molecule has 0 amide bonds. The van der Waals surface area contributed by atoms with Crippen LogP contribution >= 0.6 is 0 Å². The standard InChI is InChI=1S/C10H9BF3O.K/c12-11(13,14)7-4-8-15-9-10-5-2-1-3-6-10;/h1-3,5-6H,8-9H2;/q-1;+1.